The molecule has 2 rings (SSSR count). The van der Waals surface area contributed by atoms with Gasteiger partial charge in [0.1, 0.15) is 23.4 Å². The maximum Gasteiger partial charge on any atom is 0.134 e. The number of rotatable bonds is 6. The Balaban J connectivity index is 2.35. The highest BCUT2D eigenvalue weighted by molar-refractivity contribution is 5.52. The molecule has 2 aromatic rings. The molecule has 1 aromatic carbocycles. The molecule has 122 valence electrons. The van der Waals surface area contributed by atoms with Crippen LogP contribution in [-0.4, -0.2) is 16.2 Å². The summed E-state index contributed by atoms with van der Waals surface area (Å²) in [5.41, 5.74) is 0.476. The predicted molar refractivity (Wildman–Crippen MR) is 89.3 cm³/mol. The van der Waals surface area contributed by atoms with E-state index in [4.69, 9.17) is 4.74 Å². The van der Waals surface area contributed by atoms with Crippen LogP contribution in [0, 0.1) is 11.2 Å². The fourth-order valence-electron chi connectivity index (χ4n) is 2.01. The first kappa shape index (κ1) is 17.2. The molecule has 1 N–H and O–H groups in total. The van der Waals surface area contributed by atoms with Gasteiger partial charge >= 0.3 is 0 Å². The lowest BCUT2D eigenvalue weighted by Crippen LogP contribution is -2.32. The molecule has 0 radical (unpaired) electrons. The molecule has 0 amide bonds. The summed E-state index contributed by atoms with van der Waals surface area (Å²) in [6.07, 6.45) is 5.13. The Morgan fingerprint density at radius 1 is 1.30 bits per heavy atom. The van der Waals surface area contributed by atoms with Crippen LogP contribution in [0.4, 0.5) is 4.39 Å². The third kappa shape index (κ3) is 4.63. The molecular formula is C19H22FNO2. The van der Waals surface area contributed by atoms with Crippen LogP contribution >= 0.6 is 0 Å². The van der Waals surface area contributed by atoms with E-state index in [-0.39, 0.29) is 11.2 Å². The highest BCUT2D eigenvalue weighted by Gasteiger charge is 2.30. The standard InChI is InChI=1S/C19H22FNO2/c1-4-19(2,3)18(22)17(12-14-6-5-11-21-13-14)23-16-9-7-15(20)8-10-16/h5-13,18,22H,4H2,1-3H3. The van der Waals surface area contributed by atoms with Crippen molar-refractivity contribution < 1.29 is 14.2 Å². The molecule has 1 heterocycles. The highest BCUT2D eigenvalue weighted by atomic mass is 19.1. The van der Waals surface area contributed by atoms with E-state index in [1.54, 1.807) is 18.5 Å². The number of hydrogen-bond donors (Lipinski definition) is 1. The van der Waals surface area contributed by atoms with Gasteiger partial charge in [0, 0.05) is 12.4 Å². The predicted octanol–water partition coefficient (Wildman–Crippen LogP) is 4.44. The van der Waals surface area contributed by atoms with E-state index in [2.05, 4.69) is 4.98 Å². The van der Waals surface area contributed by atoms with Crippen LogP contribution in [-0.2, 0) is 0 Å². The van der Waals surface area contributed by atoms with E-state index in [1.165, 1.54) is 24.3 Å². The second-order valence-corrected chi connectivity index (χ2v) is 6.13. The van der Waals surface area contributed by atoms with Crippen LogP contribution < -0.4 is 4.74 Å². The van der Waals surface area contributed by atoms with Crippen molar-refractivity contribution >= 4 is 6.08 Å². The molecule has 0 aliphatic carbocycles. The fraction of sp³-hybridized carbons (Fsp3) is 0.316. The summed E-state index contributed by atoms with van der Waals surface area (Å²) in [7, 11) is 0. The summed E-state index contributed by atoms with van der Waals surface area (Å²) in [5, 5.41) is 10.7. The summed E-state index contributed by atoms with van der Waals surface area (Å²) in [5.74, 6) is 0.563. The van der Waals surface area contributed by atoms with Gasteiger partial charge in [-0.05, 0) is 53.8 Å². The third-order valence-electron chi connectivity index (χ3n) is 3.96. The van der Waals surface area contributed by atoms with Crippen molar-refractivity contribution in [3.05, 3.63) is 65.9 Å². The van der Waals surface area contributed by atoms with Crippen LogP contribution in [0.1, 0.15) is 32.8 Å². The number of ether oxygens (including phenoxy) is 1. The summed E-state index contributed by atoms with van der Waals surface area (Å²) in [6.45, 7) is 5.97. The van der Waals surface area contributed by atoms with E-state index in [0.29, 0.717) is 11.5 Å². The summed E-state index contributed by atoms with van der Waals surface area (Å²) < 4.78 is 18.9. The van der Waals surface area contributed by atoms with Crippen LogP contribution in [0.5, 0.6) is 5.75 Å². The molecule has 0 bridgehead atoms. The molecule has 1 atom stereocenters. The van der Waals surface area contributed by atoms with E-state index in [0.717, 1.165) is 12.0 Å². The minimum absolute atomic E-state index is 0.329. The first-order valence-electron chi connectivity index (χ1n) is 7.65. The van der Waals surface area contributed by atoms with Crippen molar-refractivity contribution in [1.82, 2.24) is 4.98 Å². The molecule has 4 heteroatoms. The van der Waals surface area contributed by atoms with Crippen molar-refractivity contribution in [1.29, 1.82) is 0 Å². The van der Waals surface area contributed by atoms with Crippen molar-refractivity contribution in [3.8, 4) is 5.75 Å². The molecule has 0 fully saturated rings. The fourth-order valence-corrected chi connectivity index (χ4v) is 2.01. The molecule has 1 aromatic heterocycles. The lowest BCUT2D eigenvalue weighted by atomic mass is 9.82. The largest absolute Gasteiger partial charge is 0.459 e. The zero-order chi connectivity index (χ0) is 16.9. The van der Waals surface area contributed by atoms with Gasteiger partial charge in [-0.15, -0.1) is 0 Å². The number of pyridine rings is 1. The zero-order valence-electron chi connectivity index (χ0n) is 13.7. The number of benzene rings is 1. The lowest BCUT2D eigenvalue weighted by Gasteiger charge is -2.30. The average Bonchev–Trinajstić information content (AvgIpc) is 2.56. The Hall–Kier alpha value is -2.20. The van der Waals surface area contributed by atoms with Gasteiger partial charge in [-0.3, -0.25) is 4.98 Å². The summed E-state index contributed by atoms with van der Waals surface area (Å²) in [6, 6.07) is 9.43. The Morgan fingerprint density at radius 3 is 2.57 bits per heavy atom. The Labute approximate surface area is 136 Å². The first-order valence-corrected chi connectivity index (χ1v) is 7.65. The number of halogens is 1. The normalized spacial score (nSPS) is 13.7. The Morgan fingerprint density at radius 2 is 2.00 bits per heavy atom. The summed E-state index contributed by atoms with van der Waals surface area (Å²) in [4.78, 5) is 4.07. The number of aliphatic hydroxyl groups is 1. The van der Waals surface area contributed by atoms with Crippen LogP contribution in [0.15, 0.2) is 54.6 Å². The van der Waals surface area contributed by atoms with E-state index < -0.39 is 6.10 Å². The van der Waals surface area contributed by atoms with Gasteiger partial charge in [0.15, 0.2) is 0 Å². The lowest BCUT2D eigenvalue weighted by molar-refractivity contribution is 0.0496. The first-order chi connectivity index (χ1) is 10.9. The zero-order valence-corrected chi connectivity index (χ0v) is 13.7. The van der Waals surface area contributed by atoms with Crippen molar-refractivity contribution in [2.45, 2.75) is 33.3 Å². The number of nitrogens with zero attached hydrogens (tertiary/aromatic N) is 1. The minimum atomic E-state index is -0.794. The molecule has 23 heavy (non-hydrogen) atoms. The monoisotopic (exact) mass is 315 g/mol. The number of hydrogen-bond acceptors (Lipinski definition) is 3. The van der Waals surface area contributed by atoms with Gasteiger partial charge < -0.3 is 9.84 Å². The van der Waals surface area contributed by atoms with Gasteiger partial charge in [0.2, 0.25) is 0 Å². The molecule has 1 unspecified atom stereocenters. The molecule has 0 spiro atoms. The van der Waals surface area contributed by atoms with Gasteiger partial charge in [-0.1, -0.05) is 26.8 Å². The van der Waals surface area contributed by atoms with Gasteiger partial charge in [0.25, 0.3) is 0 Å². The molecule has 0 saturated heterocycles. The maximum atomic E-state index is 13.0. The molecule has 0 aliphatic rings. The quantitative estimate of drug-likeness (QED) is 0.801. The van der Waals surface area contributed by atoms with Crippen molar-refractivity contribution in [3.63, 3.8) is 0 Å². The van der Waals surface area contributed by atoms with Gasteiger partial charge in [-0.25, -0.2) is 4.39 Å². The second kappa shape index (κ2) is 7.38. The van der Waals surface area contributed by atoms with Gasteiger partial charge in [0.05, 0.1) is 0 Å². The molecule has 3 nitrogen and oxygen atoms in total. The average molecular weight is 315 g/mol. The minimum Gasteiger partial charge on any atom is -0.459 e. The van der Waals surface area contributed by atoms with Gasteiger partial charge in [-0.2, -0.15) is 0 Å². The molecule has 0 aliphatic heterocycles. The van der Waals surface area contributed by atoms with E-state index in [1.807, 2.05) is 32.9 Å². The highest BCUT2D eigenvalue weighted by Crippen LogP contribution is 2.31. The molecular weight excluding hydrogens is 293 g/mol. The number of aromatic nitrogens is 1. The van der Waals surface area contributed by atoms with Crippen LogP contribution in [0.25, 0.3) is 6.08 Å². The smallest absolute Gasteiger partial charge is 0.134 e. The Kier molecular flexibility index (Phi) is 5.50. The van der Waals surface area contributed by atoms with E-state index in [9.17, 15) is 9.50 Å². The van der Waals surface area contributed by atoms with Crippen molar-refractivity contribution in [2.75, 3.05) is 0 Å². The Bertz CT molecular complexity index is 651. The summed E-state index contributed by atoms with van der Waals surface area (Å²) >= 11 is 0. The van der Waals surface area contributed by atoms with Crippen LogP contribution in [0.3, 0.4) is 0 Å². The SMILES string of the molecule is CCC(C)(C)C(O)C(=Cc1cccnc1)Oc1ccc(F)cc1. The third-order valence-corrected chi connectivity index (χ3v) is 3.96. The topological polar surface area (TPSA) is 42.4 Å². The van der Waals surface area contributed by atoms with Crippen molar-refractivity contribution in [2.24, 2.45) is 5.41 Å². The van der Waals surface area contributed by atoms with Crippen LogP contribution in [0.2, 0.25) is 0 Å². The number of aliphatic hydroxyl groups excluding tert-OH is 1. The maximum absolute atomic E-state index is 13.0. The molecule has 0 saturated carbocycles. The van der Waals surface area contributed by atoms with E-state index >= 15 is 0 Å². The second-order valence-electron chi connectivity index (χ2n) is 6.13.